The molecular weight excluding hydrogens is 212 g/mol. The number of rotatable bonds is 6. The van der Waals surface area contributed by atoms with E-state index in [2.05, 4.69) is 31.4 Å². The predicted molar refractivity (Wildman–Crippen MR) is 63.2 cm³/mol. The summed E-state index contributed by atoms with van der Waals surface area (Å²) in [5.41, 5.74) is 1.01. The van der Waals surface area contributed by atoms with Crippen LogP contribution in [0.4, 0.5) is 0 Å². The molecule has 2 N–H and O–H groups in total. The maximum absolute atomic E-state index is 5.83. The fourth-order valence-electron chi connectivity index (χ4n) is 1.21. The topological polar surface area (TPSA) is 37.2 Å². The average Bonchev–Trinajstić information content (AvgIpc) is 2.58. The van der Waals surface area contributed by atoms with Crippen LogP contribution in [0.1, 0.15) is 26.3 Å². The molecule has 0 aliphatic carbocycles. The monoisotopic (exact) mass is 230 g/mol. The van der Waals surface area contributed by atoms with E-state index in [1.807, 2.05) is 6.07 Å². The fraction of sp³-hybridized carbons (Fsp3) is 0.636. The molecule has 0 spiro atoms. The minimum Gasteiger partial charge on any atom is -0.453 e. The van der Waals surface area contributed by atoms with Gasteiger partial charge in [0.2, 0.25) is 0 Å². The van der Waals surface area contributed by atoms with Crippen LogP contribution in [0.25, 0.3) is 0 Å². The Morgan fingerprint density at radius 3 is 2.60 bits per heavy atom. The molecule has 0 aliphatic heterocycles. The smallest absolute Gasteiger partial charge is 0.197 e. The maximum atomic E-state index is 5.83. The van der Waals surface area contributed by atoms with Crippen LogP contribution in [0.2, 0.25) is 5.22 Å². The first-order valence-corrected chi connectivity index (χ1v) is 5.66. The molecule has 1 aromatic rings. The molecular formula is C11H19ClN2O. The van der Waals surface area contributed by atoms with E-state index < -0.39 is 0 Å². The summed E-state index contributed by atoms with van der Waals surface area (Å²) in [6.45, 7) is 8.12. The van der Waals surface area contributed by atoms with Gasteiger partial charge in [0.05, 0.1) is 6.26 Å². The van der Waals surface area contributed by atoms with E-state index in [1.165, 1.54) is 0 Å². The van der Waals surface area contributed by atoms with Gasteiger partial charge in [0.1, 0.15) is 0 Å². The third-order valence-electron chi connectivity index (χ3n) is 2.17. The Bertz CT molecular complexity index is 286. The van der Waals surface area contributed by atoms with Gasteiger partial charge in [0.15, 0.2) is 5.22 Å². The first kappa shape index (κ1) is 12.6. The summed E-state index contributed by atoms with van der Waals surface area (Å²) in [5.74, 6) is 0. The lowest BCUT2D eigenvalue weighted by atomic mass is 10.2. The number of hydrogen-bond donors (Lipinski definition) is 2. The van der Waals surface area contributed by atoms with Gasteiger partial charge in [-0.15, -0.1) is 0 Å². The molecule has 15 heavy (non-hydrogen) atoms. The van der Waals surface area contributed by atoms with Crippen LogP contribution in [0.5, 0.6) is 0 Å². The number of hydrogen-bond acceptors (Lipinski definition) is 3. The molecule has 0 saturated carbocycles. The molecule has 86 valence electrons. The van der Waals surface area contributed by atoms with Gasteiger partial charge in [-0.05, 0) is 24.6 Å². The van der Waals surface area contributed by atoms with E-state index >= 15 is 0 Å². The van der Waals surface area contributed by atoms with Crippen molar-refractivity contribution >= 4 is 11.6 Å². The summed E-state index contributed by atoms with van der Waals surface area (Å²) in [6, 6.07) is 2.82. The van der Waals surface area contributed by atoms with E-state index in [1.54, 1.807) is 6.26 Å². The summed E-state index contributed by atoms with van der Waals surface area (Å²) in [4.78, 5) is 0. The van der Waals surface area contributed by atoms with Crippen molar-refractivity contribution in [3.63, 3.8) is 0 Å². The van der Waals surface area contributed by atoms with Gasteiger partial charge in [-0.2, -0.15) is 0 Å². The normalized spacial score (nSPS) is 13.4. The largest absolute Gasteiger partial charge is 0.453 e. The maximum Gasteiger partial charge on any atom is 0.197 e. The average molecular weight is 231 g/mol. The highest BCUT2D eigenvalue weighted by atomic mass is 35.5. The molecule has 4 heteroatoms. The quantitative estimate of drug-likeness (QED) is 0.788. The van der Waals surface area contributed by atoms with E-state index in [-0.39, 0.29) is 0 Å². The van der Waals surface area contributed by atoms with Gasteiger partial charge in [0.25, 0.3) is 0 Å². The molecule has 1 heterocycles. The highest BCUT2D eigenvalue weighted by molar-refractivity contribution is 6.29. The van der Waals surface area contributed by atoms with E-state index in [0.29, 0.717) is 17.3 Å². The molecule has 1 rings (SSSR count). The second-order valence-electron chi connectivity index (χ2n) is 4.06. The van der Waals surface area contributed by atoms with Crippen molar-refractivity contribution in [3.05, 3.63) is 23.1 Å². The summed E-state index contributed by atoms with van der Waals surface area (Å²) in [7, 11) is 0. The van der Waals surface area contributed by atoms with Crippen LogP contribution in [0.15, 0.2) is 16.7 Å². The third kappa shape index (κ3) is 4.69. The second-order valence-corrected chi connectivity index (χ2v) is 4.41. The molecule has 1 aromatic heterocycles. The minimum absolute atomic E-state index is 0.415. The van der Waals surface area contributed by atoms with Gasteiger partial charge in [-0.3, -0.25) is 0 Å². The van der Waals surface area contributed by atoms with Crippen molar-refractivity contribution in [2.75, 3.05) is 6.54 Å². The van der Waals surface area contributed by atoms with Crippen molar-refractivity contribution in [3.8, 4) is 0 Å². The zero-order valence-electron chi connectivity index (χ0n) is 9.51. The number of nitrogens with one attached hydrogen (secondary N) is 2. The highest BCUT2D eigenvalue weighted by Gasteiger charge is 2.06. The predicted octanol–water partition coefficient (Wildman–Crippen LogP) is 2.41. The van der Waals surface area contributed by atoms with Gasteiger partial charge in [-0.1, -0.05) is 13.8 Å². The van der Waals surface area contributed by atoms with Crippen molar-refractivity contribution in [1.29, 1.82) is 0 Å². The van der Waals surface area contributed by atoms with Crippen LogP contribution in [0, 0.1) is 0 Å². The standard InChI is InChI=1S/C11H19ClN2O/c1-8(2)13-6-9(3)14-7-10-4-5-15-11(10)12/h4-5,8-9,13-14H,6-7H2,1-3H3. The molecule has 0 bridgehead atoms. The zero-order valence-corrected chi connectivity index (χ0v) is 10.3. The van der Waals surface area contributed by atoms with Crippen LogP contribution >= 0.6 is 11.6 Å². The molecule has 3 nitrogen and oxygen atoms in total. The Kier molecular flexibility index (Phi) is 5.15. The summed E-state index contributed by atoms with van der Waals surface area (Å²) in [6.07, 6.45) is 1.61. The van der Waals surface area contributed by atoms with Crippen molar-refractivity contribution in [2.24, 2.45) is 0 Å². The van der Waals surface area contributed by atoms with Crippen LogP contribution in [-0.4, -0.2) is 18.6 Å². The molecule has 1 atom stereocenters. The molecule has 0 amide bonds. The molecule has 0 saturated heterocycles. The lowest BCUT2D eigenvalue weighted by Crippen LogP contribution is -2.38. The third-order valence-corrected chi connectivity index (χ3v) is 2.50. The highest BCUT2D eigenvalue weighted by Crippen LogP contribution is 2.15. The Balaban J connectivity index is 2.22. The molecule has 1 unspecified atom stereocenters. The van der Waals surface area contributed by atoms with Gasteiger partial charge in [-0.25, -0.2) is 0 Å². The van der Waals surface area contributed by atoms with Crippen molar-refractivity contribution in [2.45, 2.75) is 39.4 Å². The van der Waals surface area contributed by atoms with E-state index in [4.69, 9.17) is 16.0 Å². The molecule has 0 fully saturated rings. The summed E-state index contributed by atoms with van der Waals surface area (Å²) < 4.78 is 5.00. The molecule has 0 aliphatic rings. The Morgan fingerprint density at radius 2 is 2.07 bits per heavy atom. The van der Waals surface area contributed by atoms with Crippen LogP contribution < -0.4 is 10.6 Å². The summed E-state index contributed by atoms with van der Waals surface area (Å²) in [5, 5.41) is 7.22. The Morgan fingerprint density at radius 1 is 1.33 bits per heavy atom. The first-order valence-electron chi connectivity index (χ1n) is 5.28. The fourth-order valence-corrected chi connectivity index (χ4v) is 1.40. The van der Waals surface area contributed by atoms with E-state index in [0.717, 1.165) is 18.7 Å². The van der Waals surface area contributed by atoms with Crippen LogP contribution in [-0.2, 0) is 6.54 Å². The molecule has 0 aromatic carbocycles. The zero-order chi connectivity index (χ0) is 11.3. The molecule has 0 radical (unpaired) electrons. The Labute approximate surface area is 96.2 Å². The van der Waals surface area contributed by atoms with Gasteiger partial charge >= 0.3 is 0 Å². The summed E-state index contributed by atoms with van der Waals surface area (Å²) >= 11 is 5.83. The lowest BCUT2D eigenvalue weighted by molar-refractivity contribution is 0.472. The van der Waals surface area contributed by atoms with Crippen molar-refractivity contribution in [1.82, 2.24) is 10.6 Å². The van der Waals surface area contributed by atoms with E-state index in [9.17, 15) is 0 Å². The first-order chi connectivity index (χ1) is 7.09. The minimum atomic E-state index is 0.415. The number of halogens is 1. The SMILES string of the molecule is CC(C)NCC(C)NCc1ccoc1Cl. The Hall–Kier alpha value is -0.510. The second kappa shape index (κ2) is 6.16. The van der Waals surface area contributed by atoms with Crippen molar-refractivity contribution < 1.29 is 4.42 Å². The van der Waals surface area contributed by atoms with Gasteiger partial charge < -0.3 is 15.1 Å². The van der Waals surface area contributed by atoms with Gasteiger partial charge in [0, 0.05) is 30.7 Å². The lowest BCUT2D eigenvalue weighted by Gasteiger charge is -2.16. The van der Waals surface area contributed by atoms with Crippen LogP contribution in [0.3, 0.4) is 0 Å². The number of furan rings is 1.